The summed E-state index contributed by atoms with van der Waals surface area (Å²) in [5, 5.41) is 0. The van der Waals surface area contributed by atoms with Crippen LogP contribution >= 0.6 is 0 Å². The lowest BCUT2D eigenvalue weighted by Crippen LogP contribution is -2.22. The highest BCUT2D eigenvalue weighted by Crippen LogP contribution is 2.28. The zero-order valence-electron chi connectivity index (χ0n) is 13.4. The molecule has 0 saturated carbocycles. The van der Waals surface area contributed by atoms with Gasteiger partial charge in [-0.25, -0.2) is 0 Å². The minimum Gasteiger partial charge on any atom is -0.299 e. The summed E-state index contributed by atoms with van der Waals surface area (Å²) in [6.07, 6.45) is 10.6. The molecule has 0 bridgehead atoms. The number of benzene rings is 1. The van der Waals surface area contributed by atoms with Crippen LogP contribution in [-0.4, -0.2) is 25.0 Å². The first kappa shape index (κ1) is 15.8. The summed E-state index contributed by atoms with van der Waals surface area (Å²) in [5.74, 6) is 0.706. The molecule has 1 atom stereocenters. The fraction of sp³-hybridized carbons (Fsp3) is 0.400. The third-order valence-corrected chi connectivity index (χ3v) is 4.20. The van der Waals surface area contributed by atoms with Gasteiger partial charge in [0.15, 0.2) is 0 Å². The summed E-state index contributed by atoms with van der Waals surface area (Å²) < 4.78 is 0. The number of rotatable bonds is 6. The molecule has 21 heavy (non-hydrogen) atoms. The first-order valence-corrected chi connectivity index (χ1v) is 7.88. The second-order valence-electron chi connectivity index (χ2n) is 6.19. The monoisotopic (exact) mass is 281 g/mol. The van der Waals surface area contributed by atoms with Gasteiger partial charge in [-0.15, -0.1) is 0 Å². The highest BCUT2D eigenvalue weighted by molar-refractivity contribution is 5.48. The molecule has 0 aliphatic heterocycles. The minimum atomic E-state index is 0.706. The minimum absolute atomic E-state index is 0.706. The van der Waals surface area contributed by atoms with Crippen LogP contribution in [0.5, 0.6) is 0 Å². The van der Waals surface area contributed by atoms with Gasteiger partial charge in [0.2, 0.25) is 0 Å². The van der Waals surface area contributed by atoms with Crippen LogP contribution in [0, 0.1) is 5.92 Å². The number of likely N-dealkylation sites (N-methyl/N-ethyl adjacent to an activating group) is 1. The van der Waals surface area contributed by atoms with Crippen molar-refractivity contribution in [1.82, 2.24) is 4.90 Å². The molecule has 0 fully saturated rings. The Morgan fingerprint density at radius 2 is 2.10 bits per heavy atom. The van der Waals surface area contributed by atoms with Crippen LogP contribution < -0.4 is 0 Å². The van der Waals surface area contributed by atoms with E-state index in [2.05, 4.69) is 74.0 Å². The molecule has 0 saturated heterocycles. The third-order valence-electron chi connectivity index (χ3n) is 4.20. The van der Waals surface area contributed by atoms with Gasteiger partial charge in [-0.3, -0.25) is 4.90 Å². The van der Waals surface area contributed by atoms with E-state index in [0.29, 0.717) is 5.92 Å². The first-order valence-electron chi connectivity index (χ1n) is 7.88. The molecule has 1 nitrogen and oxygen atoms in total. The summed E-state index contributed by atoms with van der Waals surface area (Å²) in [7, 11) is 2.20. The normalized spacial score (nSPS) is 19.0. The smallest absolute Gasteiger partial charge is 0.0193 e. The molecule has 1 aliphatic carbocycles. The zero-order valence-corrected chi connectivity index (χ0v) is 13.4. The molecule has 0 N–H and O–H groups in total. The Hall–Kier alpha value is -1.60. The van der Waals surface area contributed by atoms with Gasteiger partial charge in [-0.05, 0) is 44.7 Å². The topological polar surface area (TPSA) is 3.24 Å². The molecule has 1 heteroatoms. The molecule has 0 spiro atoms. The molecule has 1 aliphatic rings. The van der Waals surface area contributed by atoms with E-state index in [4.69, 9.17) is 0 Å². The van der Waals surface area contributed by atoms with E-state index in [1.165, 1.54) is 30.4 Å². The van der Waals surface area contributed by atoms with Crippen molar-refractivity contribution in [2.24, 2.45) is 5.92 Å². The number of hydrogen-bond acceptors (Lipinski definition) is 1. The van der Waals surface area contributed by atoms with Gasteiger partial charge >= 0.3 is 0 Å². The van der Waals surface area contributed by atoms with E-state index in [1.54, 1.807) is 5.57 Å². The van der Waals surface area contributed by atoms with E-state index in [1.807, 2.05) is 0 Å². The first-order chi connectivity index (χ1) is 10.1. The molecular weight excluding hydrogens is 254 g/mol. The lowest BCUT2D eigenvalue weighted by atomic mass is 9.85. The van der Waals surface area contributed by atoms with Crippen molar-refractivity contribution in [2.75, 3.05) is 20.1 Å². The van der Waals surface area contributed by atoms with Crippen molar-refractivity contribution in [3.8, 4) is 0 Å². The van der Waals surface area contributed by atoms with Gasteiger partial charge in [0.05, 0.1) is 0 Å². The molecule has 0 heterocycles. The van der Waals surface area contributed by atoms with Crippen LogP contribution in [0.15, 0.2) is 60.2 Å². The maximum Gasteiger partial charge on any atom is 0.0193 e. The highest BCUT2D eigenvalue weighted by atomic mass is 15.1. The Labute approximate surface area is 129 Å². The van der Waals surface area contributed by atoms with Crippen molar-refractivity contribution in [3.05, 3.63) is 65.8 Å². The van der Waals surface area contributed by atoms with Gasteiger partial charge in [0.1, 0.15) is 0 Å². The average Bonchev–Trinajstić information content (AvgIpc) is 2.49. The molecule has 0 radical (unpaired) electrons. The Bertz CT molecular complexity index is 510. The van der Waals surface area contributed by atoms with Gasteiger partial charge < -0.3 is 0 Å². The maximum absolute atomic E-state index is 4.09. The molecule has 2 rings (SSSR count). The van der Waals surface area contributed by atoms with Crippen LogP contribution in [0.4, 0.5) is 0 Å². The van der Waals surface area contributed by atoms with Crippen molar-refractivity contribution in [3.63, 3.8) is 0 Å². The molecule has 1 aromatic carbocycles. The fourth-order valence-corrected chi connectivity index (χ4v) is 2.82. The van der Waals surface area contributed by atoms with Crippen LogP contribution in [0.3, 0.4) is 0 Å². The molecule has 1 aromatic rings. The van der Waals surface area contributed by atoms with Crippen molar-refractivity contribution >= 4 is 6.08 Å². The van der Waals surface area contributed by atoms with Crippen LogP contribution in [-0.2, 0) is 0 Å². The van der Waals surface area contributed by atoms with Crippen molar-refractivity contribution < 1.29 is 0 Å². The van der Waals surface area contributed by atoms with Gasteiger partial charge in [-0.1, -0.05) is 66.3 Å². The van der Waals surface area contributed by atoms with Gasteiger partial charge in [-0.2, -0.15) is 0 Å². The largest absolute Gasteiger partial charge is 0.299 e. The highest BCUT2D eigenvalue weighted by Gasteiger charge is 2.15. The summed E-state index contributed by atoms with van der Waals surface area (Å²) in [6, 6.07) is 10.5. The maximum atomic E-state index is 4.09. The molecule has 112 valence electrons. The van der Waals surface area contributed by atoms with Crippen LogP contribution in [0.1, 0.15) is 31.7 Å². The lowest BCUT2D eigenvalue weighted by molar-refractivity contribution is 0.388. The third kappa shape index (κ3) is 5.35. The summed E-state index contributed by atoms with van der Waals surface area (Å²) >= 11 is 0. The van der Waals surface area contributed by atoms with E-state index in [-0.39, 0.29) is 0 Å². The Kier molecular flexibility index (Phi) is 6.01. The molecular formula is C20H27N. The van der Waals surface area contributed by atoms with Crippen LogP contribution in [0.25, 0.3) is 6.08 Å². The second kappa shape index (κ2) is 7.99. The predicted molar refractivity (Wildman–Crippen MR) is 93.2 cm³/mol. The average molecular weight is 281 g/mol. The van der Waals surface area contributed by atoms with Crippen molar-refractivity contribution in [2.45, 2.75) is 26.2 Å². The van der Waals surface area contributed by atoms with Crippen LogP contribution in [0.2, 0.25) is 0 Å². The van der Waals surface area contributed by atoms with E-state index in [0.717, 1.165) is 13.1 Å². The predicted octanol–water partition coefficient (Wildman–Crippen LogP) is 4.93. The van der Waals surface area contributed by atoms with Gasteiger partial charge in [0.25, 0.3) is 0 Å². The SMILES string of the molecule is C=C(C)C1CC=C(CN(C)C/C=C/c2ccccc2)CC1. The second-order valence-corrected chi connectivity index (χ2v) is 6.19. The summed E-state index contributed by atoms with van der Waals surface area (Å²) in [4.78, 5) is 2.38. The Balaban J connectivity index is 1.76. The standard InChI is InChI=1S/C20H27N/c1-17(2)20-13-11-19(12-14-20)16-21(3)15-7-10-18-8-5-4-6-9-18/h4-11,20H,1,12-16H2,2-3H3/b10-7+. The summed E-state index contributed by atoms with van der Waals surface area (Å²) in [6.45, 7) is 8.32. The molecule has 0 amide bonds. The van der Waals surface area contributed by atoms with E-state index < -0.39 is 0 Å². The van der Waals surface area contributed by atoms with E-state index >= 15 is 0 Å². The Morgan fingerprint density at radius 3 is 2.71 bits per heavy atom. The lowest BCUT2D eigenvalue weighted by Gasteiger charge is -2.24. The molecule has 1 unspecified atom stereocenters. The number of hydrogen-bond donors (Lipinski definition) is 0. The van der Waals surface area contributed by atoms with Gasteiger partial charge in [0, 0.05) is 13.1 Å². The summed E-state index contributed by atoms with van der Waals surface area (Å²) in [5.41, 5.74) is 4.19. The van der Waals surface area contributed by atoms with Crippen molar-refractivity contribution in [1.29, 1.82) is 0 Å². The fourth-order valence-electron chi connectivity index (χ4n) is 2.82. The number of nitrogens with zero attached hydrogens (tertiary/aromatic N) is 1. The zero-order chi connectivity index (χ0) is 15.1. The Morgan fingerprint density at radius 1 is 1.33 bits per heavy atom. The quantitative estimate of drug-likeness (QED) is 0.668. The molecule has 0 aromatic heterocycles. The number of allylic oxidation sites excluding steroid dienone is 2. The van der Waals surface area contributed by atoms with E-state index in [9.17, 15) is 0 Å².